The fourth-order valence-electron chi connectivity index (χ4n) is 1.68. The zero-order valence-electron chi connectivity index (χ0n) is 10.6. The normalized spacial score (nSPS) is 11.9. The van der Waals surface area contributed by atoms with Crippen LogP contribution in [0.15, 0.2) is 39.3 Å². The summed E-state index contributed by atoms with van der Waals surface area (Å²) in [6, 6.07) is 7.52. The molecule has 1 atom stereocenters. The number of aryl methyl sites for hydroxylation is 1. The maximum Gasteiger partial charge on any atom is 0.274 e. The highest BCUT2D eigenvalue weighted by Crippen LogP contribution is 2.18. The van der Waals surface area contributed by atoms with Crippen LogP contribution in [0.5, 0.6) is 0 Å². The molecule has 6 nitrogen and oxygen atoms in total. The summed E-state index contributed by atoms with van der Waals surface area (Å²) in [5.41, 5.74) is 6.02. The molecule has 2 rings (SSSR count). The minimum atomic E-state index is -0.933. The van der Waals surface area contributed by atoms with Gasteiger partial charge in [0.15, 0.2) is 5.69 Å². The smallest absolute Gasteiger partial charge is 0.274 e. The van der Waals surface area contributed by atoms with Crippen molar-refractivity contribution in [2.75, 3.05) is 0 Å². The Labute approximate surface area is 123 Å². The van der Waals surface area contributed by atoms with Gasteiger partial charge in [0, 0.05) is 10.5 Å². The molecular weight excluding hydrogens is 326 g/mol. The molecule has 104 valence electrons. The van der Waals surface area contributed by atoms with E-state index in [4.69, 9.17) is 10.3 Å². The van der Waals surface area contributed by atoms with Crippen LogP contribution in [0.25, 0.3) is 0 Å². The number of primary amides is 1. The molecule has 1 aromatic heterocycles. The second-order valence-corrected chi connectivity index (χ2v) is 5.10. The van der Waals surface area contributed by atoms with E-state index < -0.39 is 17.9 Å². The molecule has 1 aromatic carbocycles. The van der Waals surface area contributed by atoms with E-state index in [1.165, 1.54) is 6.07 Å². The maximum absolute atomic E-state index is 12.0. The van der Waals surface area contributed by atoms with Crippen LogP contribution in [0, 0.1) is 6.92 Å². The van der Waals surface area contributed by atoms with Crippen LogP contribution in [0.1, 0.15) is 27.9 Å². The van der Waals surface area contributed by atoms with Gasteiger partial charge in [0.2, 0.25) is 5.91 Å². The van der Waals surface area contributed by atoms with Gasteiger partial charge in [0.1, 0.15) is 11.8 Å². The fourth-order valence-corrected chi connectivity index (χ4v) is 2.10. The first-order valence-corrected chi connectivity index (χ1v) is 6.55. The van der Waals surface area contributed by atoms with E-state index in [1.54, 1.807) is 25.1 Å². The Kier molecular flexibility index (Phi) is 4.19. The first kappa shape index (κ1) is 14.3. The fraction of sp³-hybridized carbons (Fsp3) is 0.154. The largest absolute Gasteiger partial charge is 0.368 e. The van der Waals surface area contributed by atoms with Crippen molar-refractivity contribution >= 4 is 27.7 Å². The van der Waals surface area contributed by atoms with Crippen LogP contribution in [-0.2, 0) is 4.79 Å². The van der Waals surface area contributed by atoms with Gasteiger partial charge in [-0.15, -0.1) is 0 Å². The minimum absolute atomic E-state index is 0.101. The molecule has 2 aromatic rings. The van der Waals surface area contributed by atoms with Gasteiger partial charge in [0.05, 0.1) is 0 Å². The molecule has 0 saturated carbocycles. The number of carbonyl (C=O) groups excluding carboxylic acids is 2. The number of nitrogens with zero attached hydrogens (tertiary/aromatic N) is 1. The molecule has 0 radical (unpaired) electrons. The summed E-state index contributed by atoms with van der Waals surface area (Å²) in [6.07, 6.45) is 0. The highest BCUT2D eigenvalue weighted by atomic mass is 79.9. The molecule has 20 heavy (non-hydrogen) atoms. The lowest BCUT2D eigenvalue weighted by atomic mass is 10.1. The van der Waals surface area contributed by atoms with E-state index in [2.05, 4.69) is 26.4 Å². The van der Waals surface area contributed by atoms with E-state index in [9.17, 15) is 9.59 Å². The summed E-state index contributed by atoms with van der Waals surface area (Å²) in [5, 5.41) is 6.12. The van der Waals surface area contributed by atoms with Crippen molar-refractivity contribution in [2.45, 2.75) is 13.0 Å². The van der Waals surface area contributed by atoms with Crippen LogP contribution in [0.3, 0.4) is 0 Å². The number of halogens is 1. The monoisotopic (exact) mass is 337 g/mol. The molecule has 0 fully saturated rings. The number of hydrogen-bond donors (Lipinski definition) is 2. The van der Waals surface area contributed by atoms with Gasteiger partial charge < -0.3 is 15.6 Å². The average Bonchev–Trinajstić information content (AvgIpc) is 2.82. The molecular formula is C13H12BrN3O3. The molecule has 0 spiro atoms. The Morgan fingerprint density at radius 3 is 2.70 bits per heavy atom. The van der Waals surface area contributed by atoms with Crippen molar-refractivity contribution in [1.29, 1.82) is 0 Å². The third-order valence-electron chi connectivity index (χ3n) is 2.60. The predicted octanol–water partition coefficient (Wildman–Crippen LogP) is 1.70. The van der Waals surface area contributed by atoms with E-state index in [0.29, 0.717) is 11.3 Å². The summed E-state index contributed by atoms with van der Waals surface area (Å²) < 4.78 is 5.60. The van der Waals surface area contributed by atoms with Crippen molar-refractivity contribution in [2.24, 2.45) is 5.73 Å². The Hall–Kier alpha value is -2.15. The highest BCUT2D eigenvalue weighted by molar-refractivity contribution is 9.10. The van der Waals surface area contributed by atoms with Gasteiger partial charge >= 0.3 is 0 Å². The molecule has 0 aliphatic rings. The van der Waals surface area contributed by atoms with Gasteiger partial charge in [-0.05, 0) is 24.6 Å². The summed E-state index contributed by atoms with van der Waals surface area (Å²) >= 11 is 3.30. The molecule has 0 saturated heterocycles. The third-order valence-corrected chi connectivity index (χ3v) is 3.10. The number of rotatable bonds is 4. The van der Waals surface area contributed by atoms with Crippen molar-refractivity contribution in [3.63, 3.8) is 0 Å². The average molecular weight is 338 g/mol. The quantitative estimate of drug-likeness (QED) is 0.886. The number of aromatic nitrogens is 1. The van der Waals surface area contributed by atoms with Crippen LogP contribution in [0.4, 0.5) is 0 Å². The van der Waals surface area contributed by atoms with Crippen LogP contribution < -0.4 is 11.1 Å². The van der Waals surface area contributed by atoms with E-state index in [1.807, 2.05) is 6.07 Å². The Morgan fingerprint density at radius 1 is 1.40 bits per heavy atom. The molecule has 2 amide bonds. The van der Waals surface area contributed by atoms with E-state index in [-0.39, 0.29) is 5.69 Å². The van der Waals surface area contributed by atoms with Crippen LogP contribution in [0.2, 0.25) is 0 Å². The Bertz CT molecular complexity index is 654. The zero-order chi connectivity index (χ0) is 14.7. The van der Waals surface area contributed by atoms with Gasteiger partial charge in [-0.25, -0.2) is 0 Å². The first-order valence-electron chi connectivity index (χ1n) is 5.76. The lowest BCUT2D eigenvalue weighted by Gasteiger charge is -2.15. The summed E-state index contributed by atoms with van der Waals surface area (Å²) in [5.74, 6) is -0.671. The van der Waals surface area contributed by atoms with Crippen molar-refractivity contribution in [3.8, 4) is 0 Å². The standard InChI is InChI=1S/C13H12BrN3O3/c1-7-5-10(17-20-7)13(19)16-11(12(15)18)8-3-2-4-9(14)6-8/h2-6,11H,1H3,(H2,15,18)(H,16,19). The zero-order valence-corrected chi connectivity index (χ0v) is 12.2. The van der Waals surface area contributed by atoms with E-state index in [0.717, 1.165) is 4.47 Å². The molecule has 0 bridgehead atoms. The maximum atomic E-state index is 12.0. The molecule has 7 heteroatoms. The van der Waals surface area contributed by atoms with Crippen molar-refractivity contribution in [1.82, 2.24) is 10.5 Å². The van der Waals surface area contributed by atoms with Crippen molar-refractivity contribution < 1.29 is 14.1 Å². The second kappa shape index (κ2) is 5.87. The number of amides is 2. The van der Waals surface area contributed by atoms with Gasteiger partial charge in [-0.3, -0.25) is 9.59 Å². The Morgan fingerprint density at radius 2 is 2.15 bits per heavy atom. The highest BCUT2D eigenvalue weighted by Gasteiger charge is 2.22. The number of benzene rings is 1. The SMILES string of the molecule is Cc1cc(C(=O)NC(C(N)=O)c2cccc(Br)c2)no1. The summed E-state index contributed by atoms with van der Waals surface area (Å²) in [4.78, 5) is 23.5. The number of hydrogen-bond acceptors (Lipinski definition) is 4. The van der Waals surface area contributed by atoms with Gasteiger partial charge in [-0.2, -0.15) is 0 Å². The minimum Gasteiger partial charge on any atom is -0.368 e. The second-order valence-electron chi connectivity index (χ2n) is 4.19. The van der Waals surface area contributed by atoms with Gasteiger partial charge in [0.25, 0.3) is 5.91 Å². The molecule has 1 heterocycles. The number of carbonyl (C=O) groups is 2. The van der Waals surface area contributed by atoms with Gasteiger partial charge in [-0.1, -0.05) is 33.2 Å². The molecule has 0 aliphatic carbocycles. The van der Waals surface area contributed by atoms with Crippen LogP contribution >= 0.6 is 15.9 Å². The lowest BCUT2D eigenvalue weighted by molar-refractivity contribution is -0.120. The summed E-state index contributed by atoms with van der Waals surface area (Å²) in [7, 11) is 0. The number of nitrogens with two attached hydrogens (primary N) is 1. The van der Waals surface area contributed by atoms with E-state index >= 15 is 0 Å². The molecule has 3 N–H and O–H groups in total. The van der Waals surface area contributed by atoms with Crippen molar-refractivity contribution in [3.05, 3.63) is 51.8 Å². The lowest BCUT2D eigenvalue weighted by Crippen LogP contribution is -2.37. The molecule has 0 aliphatic heterocycles. The summed E-state index contributed by atoms with van der Waals surface area (Å²) in [6.45, 7) is 1.67. The first-order chi connectivity index (χ1) is 9.47. The molecule has 1 unspecified atom stereocenters. The third kappa shape index (κ3) is 3.24. The van der Waals surface area contributed by atoms with Crippen LogP contribution in [-0.4, -0.2) is 17.0 Å². The predicted molar refractivity (Wildman–Crippen MR) is 74.8 cm³/mol. The number of nitrogens with one attached hydrogen (secondary N) is 1. The Balaban J connectivity index is 2.22. The topological polar surface area (TPSA) is 98.2 Å².